The van der Waals surface area contributed by atoms with Crippen LogP contribution in [0.2, 0.25) is 0 Å². The Bertz CT molecular complexity index is 404. The summed E-state index contributed by atoms with van der Waals surface area (Å²) in [6, 6.07) is 2.98. The normalized spacial score (nSPS) is 11.6. The van der Waals surface area contributed by atoms with Crippen molar-refractivity contribution in [1.29, 1.82) is 0 Å². The average molecular weight is 296 g/mol. The van der Waals surface area contributed by atoms with E-state index in [-0.39, 0.29) is 22.4 Å². The average Bonchev–Trinajstić information content (AvgIpc) is 2.16. The van der Waals surface area contributed by atoms with E-state index in [1.807, 2.05) is 0 Å². The van der Waals surface area contributed by atoms with Gasteiger partial charge in [0, 0.05) is 10.0 Å². The molecule has 0 spiro atoms. The highest BCUT2D eigenvalue weighted by Gasteiger charge is 2.31. The van der Waals surface area contributed by atoms with E-state index in [0.717, 1.165) is 12.1 Å². The van der Waals surface area contributed by atoms with Gasteiger partial charge in [0.05, 0.1) is 12.1 Å². The SMILES string of the molecule is CNCC(=O)c1ccc(C(F)(F)F)cc1Br. The van der Waals surface area contributed by atoms with Gasteiger partial charge in [-0.15, -0.1) is 0 Å². The van der Waals surface area contributed by atoms with Crippen LogP contribution in [0.1, 0.15) is 15.9 Å². The van der Waals surface area contributed by atoms with E-state index in [0.29, 0.717) is 0 Å². The molecular formula is C10H9BrF3NO. The number of halogens is 4. The number of carbonyl (C=O) groups is 1. The predicted molar refractivity (Wildman–Crippen MR) is 57.4 cm³/mol. The molecule has 0 heterocycles. The van der Waals surface area contributed by atoms with Gasteiger partial charge in [0.1, 0.15) is 0 Å². The first-order chi connectivity index (χ1) is 7.36. The van der Waals surface area contributed by atoms with Crippen LogP contribution in [0.5, 0.6) is 0 Å². The minimum Gasteiger partial charge on any atom is -0.313 e. The van der Waals surface area contributed by atoms with Crippen molar-refractivity contribution in [1.82, 2.24) is 5.32 Å². The lowest BCUT2D eigenvalue weighted by Crippen LogP contribution is -2.19. The third-order valence-corrected chi connectivity index (χ3v) is 2.59. The highest BCUT2D eigenvalue weighted by molar-refractivity contribution is 9.10. The second-order valence-corrected chi connectivity index (χ2v) is 4.00. The Labute approximate surface area is 99.0 Å². The Hall–Kier alpha value is -0.880. The summed E-state index contributed by atoms with van der Waals surface area (Å²) in [4.78, 5) is 11.5. The lowest BCUT2D eigenvalue weighted by molar-refractivity contribution is -0.137. The molecule has 1 rings (SSSR count). The van der Waals surface area contributed by atoms with Crippen LogP contribution in [0.4, 0.5) is 13.2 Å². The van der Waals surface area contributed by atoms with E-state index in [2.05, 4.69) is 21.2 Å². The fraction of sp³-hybridized carbons (Fsp3) is 0.300. The molecule has 0 aliphatic rings. The summed E-state index contributed by atoms with van der Waals surface area (Å²) in [6.07, 6.45) is -4.40. The van der Waals surface area contributed by atoms with Crippen molar-refractivity contribution in [3.8, 4) is 0 Å². The monoisotopic (exact) mass is 295 g/mol. The van der Waals surface area contributed by atoms with Crippen LogP contribution in [0, 0.1) is 0 Å². The summed E-state index contributed by atoms with van der Waals surface area (Å²) in [7, 11) is 1.59. The molecule has 2 nitrogen and oxygen atoms in total. The number of carbonyl (C=O) groups excluding carboxylic acids is 1. The summed E-state index contributed by atoms with van der Waals surface area (Å²) in [5, 5.41) is 2.65. The van der Waals surface area contributed by atoms with Gasteiger partial charge in [-0.05, 0) is 25.2 Å². The van der Waals surface area contributed by atoms with Gasteiger partial charge in [0.2, 0.25) is 0 Å². The molecule has 16 heavy (non-hydrogen) atoms. The number of alkyl halides is 3. The van der Waals surface area contributed by atoms with Crippen LogP contribution in [0.15, 0.2) is 22.7 Å². The Morgan fingerprint density at radius 2 is 2.06 bits per heavy atom. The van der Waals surface area contributed by atoms with E-state index in [4.69, 9.17) is 0 Å². The highest BCUT2D eigenvalue weighted by Crippen LogP contribution is 2.32. The molecule has 88 valence electrons. The maximum Gasteiger partial charge on any atom is 0.416 e. The molecule has 0 bridgehead atoms. The van der Waals surface area contributed by atoms with Crippen molar-refractivity contribution < 1.29 is 18.0 Å². The third-order valence-electron chi connectivity index (χ3n) is 1.93. The van der Waals surface area contributed by atoms with Gasteiger partial charge in [-0.2, -0.15) is 13.2 Å². The Kier molecular flexibility index (Phi) is 4.09. The zero-order chi connectivity index (χ0) is 12.3. The number of Topliss-reactive ketones (excluding diaryl/α,β-unsaturated/α-hetero) is 1. The number of hydrogen-bond donors (Lipinski definition) is 1. The number of likely N-dealkylation sites (N-methyl/N-ethyl adjacent to an activating group) is 1. The fourth-order valence-electron chi connectivity index (χ4n) is 1.17. The molecule has 0 unspecified atom stereocenters. The number of rotatable bonds is 3. The molecule has 0 amide bonds. The second kappa shape index (κ2) is 4.97. The van der Waals surface area contributed by atoms with Crippen LogP contribution in [-0.2, 0) is 6.18 Å². The molecule has 1 aromatic rings. The zero-order valence-corrected chi connectivity index (χ0v) is 9.95. The summed E-state index contributed by atoms with van der Waals surface area (Å²) in [5.74, 6) is -0.261. The standard InChI is InChI=1S/C10H9BrF3NO/c1-15-5-9(16)7-3-2-6(4-8(7)11)10(12,13)14/h2-4,15H,5H2,1H3. The highest BCUT2D eigenvalue weighted by atomic mass is 79.9. The van der Waals surface area contributed by atoms with E-state index < -0.39 is 11.7 Å². The lowest BCUT2D eigenvalue weighted by Gasteiger charge is -2.09. The number of ketones is 1. The lowest BCUT2D eigenvalue weighted by atomic mass is 10.1. The molecule has 0 aromatic heterocycles. The van der Waals surface area contributed by atoms with Gasteiger partial charge >= 0.3 is 6.18 Å². The Morgan fingerprint density at radius 1 is 1.44 bits per heavy atom. The van der Waals surface area contributed by atoms with Gasteiger partial charge in [-0.25, -0.2) is 0 Å². The molecule has 0 radical (unpaired) electrons. The first-order valence-electron chi connectivity index (χ1n) is 4.41. The molecule has 0 atom stereocenters. The van der Waals surface area contributed by atoms with Crippen molar-refractivity contribution >= 4 is 21.7 Å². The first kappa shape index (κ1) is 13.2. The molecule has 0 saturated heterocycles. The maximum atomic E-state index is 12.3. The molecule has 1 N–H and O–H groups in total. The maximum absolute atomic E-state index is 12.3. The second-order valence-electron chi connectivity index (χ2n) is 3.15. The smallest absolute Gasteiger partial charge is 0.313 e. The number of hydrogen-bond acceptors (Lipinski definition) is 2. The molecule has 6 heteroatoms. The zero-order valence-electron chi connectivity index (χ0n) is 8.36. The quantitative estimate of drug-likeness (QED) is 0.869. The Morgan fingerprint density at radius 3 is 2.50 bits per heavy atom. The third kappa shape index (κ3) is 3.05. The minimum atomic E-state index is -4.40. The van der Waals surface area contributed by atoms with Crippen LogP contribution >= 0.6 is 15.9 Å². The number of nitrogens with one attached hydrogen (secondary N) is 1. The van der Waals surface area contributed by atoms with Gasteiger partial charge in [0.25, 0.3) is 0 Å². The summed E-state index contributed by atoms with van der Waals surface area (Å²) in [6.45, 7) is 0.0873. The van der Waals surface area contributed by atoms with Crippen LogP contribution in [-0.4, -0.2) is 19.4 Å². The van der Waals surface area contributed by atoms with Crippen LogP contribution in [0.25, 0.3) is 0 Å². The molecule has 0 saturated carbocycles. The predicted octanol–water partition coefficient (Wildman–Crippen LogP) is 2.87. The Balaban J connectivity index is 3.05. The van der Waals surface area contributed by atoms with Gasteiger partial charge in [-0.1, -0.05) is 15.9 Å². The topological polar surface area (TPSA) is 29.1 Å². The summed E-state index contributed by atoms with van der Waals surface area (Å²) >= 11 is 2.96. The minimum absolute atomic E-state index is 0.0873. The number of benzene rings is 1. The molecule has 0 fully saturated rings. The van der Waals surface area contributed by atoms with E-state index >= 15 is 0 Å². The van der Waals surface area contributed by atoms with Gasteiger partial charge < -0.3 is 5.32 Å². The molecule has 0 aliphatic carbocycles. The van der Waals surface area contributed by atoms with Crippen molar-refractivity contribution in [3.05, 3.63) is 33.8 Å². The van der Waals surface area contributed by atoms with E-state index in [1.54, 1.807) is 7.05 Å². The molecular weight excluding hydrogens is 287 g/mol. The van der Waals surface area contributed by atoms with Crippen molar-refractivity contribution in [2.45, 2.75) is 6.18 Å². The van der Waals surface area contributed by atoms with Crippen molar-refractivity contribution in [2.75, 3.05) is 13.6 Å². The summed E-state index contributed by atoms with van der Waals surface area (Å²) < 4.78 is 37.1. The van der Waals surface area contributed by atoms with Gasteiger partial charge in [-0.3, -0.25) is 4.79 Å². The van der Waals surface area contributed by atoms with E-state index in [9.17, 15) is 18.0 Å². The van der Waals surface area contributed by atoms with Crippen molar-refractivity contribution in [2.24, 2.45) is 0 Å². The summed E-state index contributed by atoms with van der Waals surface area (Å²) in [5.41, 5.74) is -0.539. The first-order valence-corrected chi connectivity index (χ1v) is 5.20. The van der Waals surface area contributed by atoms with Crippen molar-refractivity contribution in [3.63, 3.8) is 0 Å². The van der Waals surface area contributed by atoms with Crippen LogP contribution in [0.3, 0.4) is 0 Å². The van der Waals surface area contributed by atoms with Gasteiger partial charge in [0.15, 0.2) is 5.78 Å². The molecule has 0 aliphatic heterocycles. The van der Waals surface area contributed by atoms with Crippen LogP contribution < -0.4 is 5.32 Å². The molecule has 1 aromatic carbocycles. The largest absolute Gasteiger partial charge is 0.416 e. The fourth-order valence-corrected chi connectivity index (χ4v) is 1.77. The van der Waals surface area contributed by atoms with E-state index in [1.165, 1.54) is 6.07 Å².